The zero-order chi connectivity index (χ0) is 12.4. The van der Waals surface area contributed by atoms with E-state index < -0.39 is 11.7 Å². The number of rotatable bonds is 4. The minimum Gasteiger partial charge on any atom is -0.502 e. The van der Waals surface area contributed by atoms with Crippen LogP contribution < -0.4 is 0 Å². The summed E-state index contributed by atoms with van der Waals surface area (Å²) in [5.74, 6) is -1.39. The average Bonchev–Trinajstić information content (AvgIpc) is 2.88. The Morgan fingerprint density at radius 1 is 1.35 bits per heavy atom. The summed E-state index contributed by atoms with van der Waals surface area (Å²) in [4.78, 5) is 25.5. The molecule has 0 radical (unpaired) electrons. The minimum atomic E-state index is -0.577. The van der Waals surface area contributed by atoms with Crippen molar-refractivity contribution in [3.8, 4) is 0 Å². The van der Waals surface area contributed by atoms with Gasteiger partial charge in [0.15, 0.2) is 5.76 Å². The Labute approximate surface area is 103 Å². The lowest BCUT2D eigenvalue weighted by Crippen LogP contribution is -2.32. The first-order valence-corrected chi connectivity index (χ1v) is 6.38. The van der Waals surface area contributed by atoms with Crippen LogP contribution in [0.5, 0.6) is 0 Å². The molecule has 0 saturated heterocycles. The normalized spacial score (nSPS) is 16.2. The van der Waals surface area contributed by atoms with E-state index >= 15 is 0 Å². The standard InChI is InChI=1S/C12H13NO3S/c1-2-3-6-13-11(15)9(10(14)12(13)16)8-5-4-7-17-8/h4-5,7,14H,2-3,6H2,1H3. The topological polar surface area (TPSA) is 57.6 Å². The maximum absolute atomic E-state index is 12.0. The van der Waals surface area contributed by atoms with Crippen LogP contribution in [0.3, 0.4) is 0 Å². The van der Waals surface area contributed by atoms with Crippen LogP contribution in [0, 0.1) is 0 Å². The fraction of sp³-hybridized carbons (Fsp3) is 0.333. The molecule has 0 unspecified atom stereocenters. The fourth-order valence-corrected chi connectivity index (χ4v) is 2.49. The van der Waals surface area contributed by atoms with Crippen molar-refractivity contribution in [1.29, 1.82) is 0 Å². The molecule has 2 heterocycles. The molecule has 1 N–H and O–H groups in total. The summed E-state index contributed by atoms with van der Waals surface area (Å²) < 4.78 is 0. The van der Waals surface area contributed by atoms with Crippen LogP contribution in [0.25, 0.3) is 5.57 Å². The largest absolute Gasteiger partial charge is 0.502 e. The molecule has 90 valence electrons. The van der Waals surface area contributed by atoms with E-state index in [1.807, 2.05) is 12.3 Å². The van der Waals surface area contributed by atoms with Gasteiger partial charge in [0.05, 0.1) is 0 Å². The van der Waals surface area contributed by atoms with Crippen LogP contribution in [-0.4, -0.2) is 28.4 Å². The van der Waals surface area contributed by atoms with Gasteiger partial charge in [-0.3, -0.25) is 14.5 Å². The van der Waals surface area contributed by atoms with E-state index in [4.69, 9.17) is 0 Å². The number of aliphatic hydroxyl groups excluding tert-OH is 1. The number of amides is 2. The maximum Gasteiger partial charge on any atom is 0.296 e. The predicted molar refractivity (Wildman–Crippen MR) is 65.5 cm³/mol. The highest BCUT2D eigenvalue weighted by molar-refractivity contribution is 7.11. The number of carbonyl (C=O) groups is 2. The number of nitrogens with zero attached hydrogens (tertiary/aromatic N) is 1. The van der Waals surface area contributed by atoms with Crippen LogP contribution in [0.4, 0.5) is 0 Å². The molecule has 1 aliphatic rings. The third-order valence-corrected chi connectivity index (χ3v) is 3.53. The average molecular weight is 251 g/mol. The van der Waals surface area contributed by atoms with Gasteiger partial charge in [-0.15, -0.1) is 11.3 Å². The highest BCUT2D eigenvalue weighted by Gasteiger charge is 2.38. The number of hydrogen-bond acceptors (Lipinski definition) is 4. The number of carbonyl (C=O) groups excluding carboxylic acids is 2. The van der Waals surface area contributed by atoms with Crippen molar-refractivity contribution in [3.63, 3.8) is 0 Å². The molecule has 0 spiro atoms. The first-order valence-electron chi connectivity index (χ1n) is 5.50. The van der Waals surface area contributed by atoms with Crippen LogP contribution in [0.15, 0.2) is 23.3 Å². The summed E-state index contributed by atoms with van der Waals surface area (Å²) in [7, 11) is 0. The SMILES string of the molecule is CCCCN1C(=O)C(O)=C(c2cccs2)C1=O. The molecule has 0 bridgehead atoms. The van der Waals surface area contributed by atoms with Crippen molar-refractivity contribution in [1.82, 2.24) is 4.90 Å². The summed E-state index contributed by atoms with van der Waals surface area (Å²) >= 11 is 1.34. The predicted octanol–water partition coefficient (Wildman–Crippen LogP) is 2.19. The maximum atomic E-state index is 12.0. The van der Waals surface area contributed by atoms with Gasteiger partial charge in [-0.2, -0.15) is 0 Å². The van der Waals surface area contributed by atoms with Crippen molar-refractivity contribution in [2.45, 2.75) is 19.8 Å². The van der Waals surface area contributed by atoms with E-state index in [2.05, 4.69) is 0 Å². The third-order valence-electron chi connectivity index (χ3n) is 2.65. The van der Waals surface area contributed by atoms with Crippen molar-refractivity contribution < 1.29 is 14.7 Å². The van der Waals surface area contributed by atoms with Crippen molar-refractivity contribution in [2.24, 2.45) is 0 Å². The Bertz CT molecular complexity index is 476. The van der Waals surface area contributed by atoms with E-state index in [-0.39, 0.29) is 11.5 Å². The fourth-order valence-electron chi connectivity index (χ4n) is 1.73. The molecule has 1 aromatic rings. The van der Waals surface area contributed by atoms with Gasteiger partial charge < -0.3 is 5.11 Å². The third kappa shape index (κ3) is 1.98. The Hall–Kier alpha value is -1.62. The molecule has 0 fully saturated rings. The Balaban J connectivity index is 2.29. The van der Waals surface area contributed by atoms with Gasteiger partial charge in [0, 0.05) is 11.4 Å². The highest BCUT2D eigenvalue weighted by Crippen LogP contribution is 2.30. The molecule has 0 aromatic carbocycles. The zero-order valence-electron chi connectivity index (χ0n) is 9.47. The smallest absolute Gasteiger partial charge is 0.296 e. The van der Waals surface area contributed by atoms with Crippen LogP contribution in [-0.2, 0) is 9.59 Å². The van der Waals surface area contributed by atoms with Crippen LogP contribution >= 0.6 is 11.3 Å². The van der Waals surface area contributed by atoms with Gasteiger partial charge in [0.25, 0.3) is 11.8 Å². The van der Waals surface area contributed by atoms with Crippen molar-refractivity contribution in [3.05, 3.63) is 28.1 Å². The van der Waals surface area contributed by atoms with E-state index in [9.17, 15) is 14.7 Å². The summed E-state index contributed by atoms with van der Waals surface area (Å²) in [5.41, 5.74) is 0.140. The lowest BCUT2D eigenvalue weighted by Gasteiger charge is -2.12. The van der Waals surface area contributed by atoms with Gasteiger partial charge in [-0.25, -0.2) is 0 Å². The zero-order valence-corrected chi connectivity index (χ0v) is 10.3. The molecule has 2 amide bonds. The Morgan fingerprint density at radius 3 is 2.71 bits per heavy atom. The number of imide groups is 1. The van der Waals surface area contributed by atoms with Gasteiger partial charge in [0.2, 0.25) is 0 Å². The lowest BCUT2D eigenvalue weighted by molar-refractivity contribution is -0.138. The summed E-state index contributed by atoms with van der Waals surface area (Å²) in [6.45, 7) is 2.35. The van der Waals surface area contributed by atoms with Gasteiger partial charge in [0.1, 0.15) is 5.57 Å². The number of unbranched alkanes of at least 4 members (excludes halogenated alkanes) is 1. The molecule has 1 aromatic heterocycles. The molecule has 2 rings (SSSR count). The lowest BCUT2D eigenvalue weighted by atomic mass is 10.2. The summed E-state index contributed by atoms with van der Waals surface area (Å²) in [6, 6.07) is 3.51. The molecular weight excluding hydrogens is 238 g/mol. The van der Waals surface area contributed by atoms with E-state index in [0.29, 0.717) is 11.4 Å². The Morgan fingerprint density at radius 2 is 2.12 bits per heavy atom. The summed E-state index contributed by atoms with van der Waals surface area (Å²) in [6.07, 6.45) is 1.65. The quantitative estimate of drug-likeness (QED) is 0.834. The van der Waals surface area contributed by atoms with E-state index in [0.717, 1.165) is 17.7 Å². The first-order chi connectivity index (χ1) is 8.16. The molecule has 0 aliphatic carbocycles. The number of hydrogen-bond donors (Lipinski definition) is 1. The van der Waals surface area contributed by atoms with Gasteiger partial charge in [-0.05, 0) is 17.9 Å². The highest BCUT2D eigenvalue weighted by atomic mass is 32.1. The number of thiophene rings is 1. The second-order valence-corrected chi connectivity index (χ2v) is 4.76. The summed E-state index contributed by atoms with van der Waals surface area (Å²) in [5, 5.41) is 11.6. The number of aliphatic hydroxyl groups is 1. The molecule has 0 atom stereocenters. The van der Waals surface area contributed by atoms with Crippen LogP contribution in [0.1, 0.15) is 24.6 Å². The van der Waals surface area contributed by atoms with E-state index in [1.165, 1.54) is 11.3 Å². The first kappa shape index (κ1) is 11.9. The second-order valence-electron chi connectivity index (χ2n) is 3.82. The minimum absolute atomic E-state index is 0.140. The molecule has 1 aliphatic heterocycles. The molecular formula is C12H13NO3S. The molecule has 5 heteroatoms. The Kier molecular flexibility index (Phi) is 3.28. The molecule has 4 nitrogen and oxygen atoms in total. The van der Waals surface area contributed by atoms with Gasteiger partial charge in [-0.1, -0.05) is 19.4 Å². The van der Waals surface area contributed by atoms with Crippen LogP contribution in [0.2, 0.25) is 0 Å². The van der Waals surface area contributed by atoms with E-state index in [1.54, 1.807) is 12.1 Å². The van der Waals surface area contributed by atoms with Crippen molar-refractivity contribution in [2.75, 3.05) is 6.54 Å². The molecule has 0 saturated carbocycles. The molecule has 17 heavy (non-hydrogen) atoms. The second kappa shape index (κ2) is 4.71. The monoisotopic (exact) mass is 251 g/mol. The van der Waals surface area contributed by atoms with Crippen molar-refractivity contribution >= 4 is 28.7 Å². The van der Waals surface area contributed by atoms with Gasteiger partial charge >= 0.3 is 0 Å².